The van der Waals surface area contributed by atoms with Crippen LogP contribution in [0.5, 0.6) is 0 Å². The molecule has 0 aromatic heterocycles. The van der Waals surface area contributed by atoms with E-state index in [0.29, 0.717) is 0 Å². The number of carbonyl (C=O) groups is 1. The molecule has 0 aliphatic heterocycles. The van der Waals surface area contributed by atoms with Crippen molar-refractivity contribution in [2.24, 2.45) is 5.41 Å². The van der Waals surface area contributed by atoms with Crippen LogP contribution in [0.1, 0.15) is 20.3 Å². The Morgan fingerprint density at radius 2 is 2.30 bits per heavy atom. The van der Waals surface area contributed by atoms with Gasteiger partial charge in [0.1, 0.15) is 6.29 Å². The van der Waals surface area contributed by atoms with Crippen LogP contribution in [0, 0.1) is 5.41 Å². The number of hydrogen-bond donors (Lipinski definition) is 0. The number of allylic oxidation sites excluding steroid dienone is 4. The lowest BCUT2D eigenvalue weighted by Crippen LogP contribution is -2.11. The molecular weight excluding hydrogens is 124 g/mol. The van der Waals surface area contributed by atoms with Crippen LogP contribution in [0.3, 0.4) is 0 Å². The molecule has 0 amide bonds. The summed E-state index contributed by atoms with van der Waals surface area (Å²) in [5.41, 5.74) is 1.07. The summed E-state index contributed by atoms with van der Waals surface area (Å²) < 4.78 is 0. The molecule has 0 radical (unpaired) electrons. The summed E-state index contributed by atoms with van der Waals surface area (Å²) in [7, 11) is 0. The van der Waals surface area contributed by atoms with Crippen LogP contribution < -0.4 is 0 Å². The van der Waals surface area contributed by atoms with Gasteiger partial charge in [-0.3, -0.25) is 4.79 Å². The van der Waals surface area contributed by atoms with E-state index in [0.717, 1.165) is 18.3 Å². The van der Waals surface area contributed by atoms with Crippen molar-refractivity contribution in [3.05, 3.63) is 23.8 Å². The second-order valence-corrected chi connectivity index (χ2v) is 3.38. The van der Waals surface area contributed by atoms with E-state index in [1.165, 1.54) is 0 Å². The van der Waals surface area contributed by atoms with Crippen LogP contribution in [0.25, 0.3) is 0 Å². The smallest absolute Gasteiger partial charge is 0.146 e. The predicted octanol–water partition coefficient (Wildman–Crippen LogP) is 2.10. The SMILES string of the molecule is CC1(C)C=CC=C(C=O)C1. The maximum absolute atomic E-state index is 10.3. The topological polar surface area (TPSA) is 17.1 Å². The number of aldehydes is 1. The van der Waals surface area contributed by atoms with Gasteiger partial charge in [-0.15, -0.1) is 0 Å². The molecule has 0 saturated carbocycles. The molecule has 1 aliphatic rings. The van der Waals surface area contributed by atoms with Crippen LogP contribution in [-0.4, -0.2) is 6.29 Å². The third-order valence-electron chi connectivity index (χ3n) is 1.67. The maximum atomic E-state index is 10.3. The zero-order valence-electron chi connectivity index (χ0n) is 6.42. The lowest BCUT2D eigenvalue weighted by molar-refractivity contribution is -0.105. The van der Waals surface area contributed by atoms with Crippen LogP contribution in [0.15, 0.2) is 23.8 Å². The summed E-state index contributed by atoms with van der Waals surface area (Å²) in [6.45, 7) is 4.25. The predicted molar refractivity (Wildman–Crippen MR) is 41.7 cm³/mol. The highest BCUT2D eigenvalue weighted by atomic mass is 16.1. The Kier molecular flexibility index (Phi) is 1.75. The van der Waals surface area contributed by atoms with E-state index in [1.807, 2.05) is 12.2 Å². The van der Waals surface area contributed by atoms with Gasteiger partial charge in [-0.25, -0.2) is 0 Å². The fraction of sp³-hybridized carbons (Fsp3) is 0.444. The minimum Gasteiger partial charge on any atom is -0.298 e. The summed E-state index contributed by atoms with van der Waals surface area (Å²) in [5, 5.41) is 0. The molecule has 0 bridgehead atoms. The molecule has 0 heterocycles. The number of hydrogen-bond acceptors (Lipinski definition) is 1. The fourth-order valence-electron chi connectivity index (χ4n) is 1.16. The van der Waals surface area contributed by atoms with Gasteiger partial charge in [0, 0.05) is 0 Å². The largest absolute Gasteiger partial charge is 0.298 e. The normalized spacial score (nSPS) is 22.0. The molecule has 0 unspecified atom stereocenters. The average Bonchev–Trinajstić information content (AvgIpc) is 1.86. The van der Waals surface area contributed by atoms with Gasteiger partial charge >= 0.3 is 0 Å². The molecule has 0 fully saturated rings. The van der Waals surface area contributed by atoms with Gasteiger partial charge in [-0.05, 0) is 17.4 Å². The standard InChI is InChI=1S/C9H12O/c1-9(2)5-3-4-8(6-9)7-10/h3-5,7H,6H2,1-2H3. The zero-order valence-corrected chi connectivity index (χ0v) is 6.42. The third-order valence-corrected chi connectivity index (χ3v) is 1.67. The van der Waals surface area contributed by atoms with Crippen molar-refractivity contribution in [1.82, 2.24) is 0 Å². The maximum Gasteiger partial charge on any atom is 0.146 e. The second-order valence-electron chi connectivity index (χ2n) is 3.38. The number of carbonyl (C=O) groups excluding carboxylic acids is 1. The van der Waals surface area contributed by atoms with Gasteiger partial charge in [0.2, 0.25) is 0 Å². The van der Waals surface area contributed by atoms with Crippen molar-refractivity contribution >= 4 is 6.29 Å². The van der Waals surface area contributed by atoms with E-state index < -0.39 is 0 Å². The molecule has 1 heteroatoms. The Morgan fingerprint density at radius 3 is 2.70 bits per heavy atom. The lowest BCUT2D eigenvalue weighted by Gasteiger charge is -2.22. The van der Waals surface area contributed by atoms with E-state index in [2.05, 4.69) is 19.9 Å². The molecule has 0 aromatic carbocycles. The molecule has 0 spiro atoms. The van der Waals surface area contributed by atoms with Gasteiger partial charge < -0.3 is 0 Å². The molecule has 10 heavy (non-hydrogen) atoms. The van der Waals surface area contributed by atoms with E-state index in [9.17, 15) is 4.79 Å². The van der Waals surface area contributed by atoms with Gasteiger partial charge in [-0.2, -0.15) is 0 Å². The quantitative estimate of drug-likeness (QED) is 0.504. The molecular formula is C9H12O. The lowest BCUT2D eigenvalue weighted by atomic mass is 9.82. The molecule has 0 atom stereocenters. The van der Waals surface area contributed by atoms with Crippen LogP contribution in [0.4, 0.5) is 0 Å². The van der Waals surface area contributed by atoms with Gasteiger partial charge in [-0.1, -0.05) is 32.1 Å². The Balaban J connectivity index is 2.77. The van der Waals surface area contributed by atoms with Crippen molar-refractivity contribution in [2.45, 2.75) is 20.3 Å². The minimum atomic E-state index is 0.172. The van der Waals surface area contributed by atoms with Crippen LogP contribution >= 0.6 is 0 Å². The first-order valence-electron chi connectivity index (χ1n) is 3.48. The summed E-state index contributed by atoms with van der Waals surface area (Å²) in [5.74, 6) is 0. The molecule has 54 valence electrons. The first kappa shape index (κ1) is 7.26. The third kappa shape index (κ3) is 1.56. The summed E-state index contributed by atoms with van der Waals surface area (Å²) in [6.07, 6.45) is 7.75. The van der Waals surface area contributed by atoms with E-state index in [-0.39, 0.29) is 5.41 Å². The fourth-order valence-corrected chi connectivity index (χ4v) is 1.16. The molecule has 1 rings (SSSR count). The highest BCUT2D eigenvalue weighted by Gasteiger charge is 2.17. The van der Waals surface area contributed by atoms with E-state index >= 15 is 0 Å². The van der Waals surface area contributed by atoms with E-state index in [1.54, 1.807) is 0 Å². The number of rotatable bonds is 1. The van der Waals surface area contributed by atoms with Crippen LogP contribution in [-0.2, 0) is 4.79 Å². The average molecular weight is 136 g/mol. The van der Waals surface area contributed by atoms with Crippen molar-refractivity contribution < 1.29 is 4.79 Å². The Bertz CT molecular complexity index is 197. The van der Waals surface area contributed by atoms with Gasteiger partial charge in [0.15, 0.2) is 0 Å². The molecule has 1 nitrogen and oxygen atoms in total. The highest BCUT2D eigenvalue weighted by molar-refractivity contribution is 5.74. The van der Waals surface area contributed by atoms with Gasteiger partial charge in [0.25, 0.3) is 0 Å². The summed E-state index contributed by atoms with van der Waals surface area (Å²) >= 11 is 0. The highest BCUT2D eigenvalue weighted by Crippen LogP contribution is 2.28. The first-order chi connectivity index (χ1) is 4.64. The van der Waals surface area contributed by atoms with Crippen molar-refractivity contribution in [1.29, 1.82) is 0 Å². The molecule has 0 aromatic rings. The van der Waals surface area contributed by atoms with E-state index in [4.69, 9.17) is 0 Å². The molecule has 1 aliphatic carbocycles. The minimum absolute atomic E-state index is 0.172. The Hall–Kier alpha value is -0.850. The first-order valence-corrected chi connectivity index (χ1v) is 3.48. The monoisotopic (exact) mass is 136 g/mol. The van der Waals surface area contributed by atoms with Crippen molar-refractivity contribution in [2.75, 3.05) is 0 Å². The van der Waals surface area contributed by atoms with Crippen LogP contribution in [0.2, 0.25) is 0 Å². The molecule has 0 N–H and O–H groups in total. The Labute approximate surface area is 61.4 Å². The Morgan fingerprint density at radius 1 is 1.60 bits per heavy atom. The zero-order chi connectivity index (χ0) is 7.61. The molecule has 0 saturated heterocycles. The summed E-state index contributed by atoms with van der Waals surface area (Å²) in [6, 6.07) is 0. The second kappa shape index (κ2) is 2.41. The van der Waals surface area contributed by atoms with Crippen molar-refractivity contribution in [3.63, 3.8) is 0 Å². The summed E-state index contributed by atoms with van der Waals surface area (Å²) in [4.78, 5) is 10.3. The van der Waals surface area contributed by atoms with Crippen molar-refractivity contribution in [3.8, 4) is 0 Å². The van der Waals surface area contributed by atoms with Gasteiger partial charge in [0.05, 0.1) is 0 Å².